The Balaban J connectivity index is 2.04. The molecule has 2 amide bonds. The second-order valence-corrected chi connectivity index (χ2v) is 11.2. The van der Waals surface area contributed by atoms with Crippen molar-refractivity contribution < 1.29 is 22.4 Å². The molecule has 1 atom stereocenters. The van der Waals surface area contributed by atoms with Gasteiger partial charge in [-0.3, -0.25) is 13.9 Å². The Kier molecular flexibility index (Phi) is 10.3. The number of anilines is 1. The molecule has 0 heterocycles. The first kappa shape index (κ1) is 29.1. The van der Waals surface area contributed by atoms with E-state index in [4.69, 9.17) is 11.6 Å². The molecule has 0 fully saturated rings. The summed E-state index contributed by atoms with van der Waals surface area (Å²) in [4.78, 5) is 28.6. The molecule has 0 saturated heterocycles. The molecule has 0 spiro atoms. The molecular formula is C28H31ClFN3O4S. The summed E-state index contributed by atoms with van der Waals surface area (Å²) in [7, 11) is -4.04. The van der Waals surface area contributed by atoms with E-state index in [0.717, 1.165) is 22.2 Å². The van der Waals surface area contributed by atoms with E-state index >= 15 is 0 Å². The molecule has 3 aromatic carbocycles. The molecule has 0 radical (unpaired) electrons. The van der Waals surface area contributed by atoms with Crippen LogP contribution in [0.3, 0.4) is 0 Å². The van der Waals surface area contributed by atoms with Crippen molar-refractivity contribution in [1.29, 1.82) is 0 Å². The van der Waals surface area contributed by atoms with Crippen molar-refractivity contribution in [2.45, 2.75) is 32.4 Å². The van der Waals surface area contributed by atoms with Gasteiger partial charge >= 0.3 is 0 Å². The van der Waals surface area contributed by atoms with Gasteiger partial charge in [0, 0.05) is 24.5 Å². The van der Waals surface area contributed by atoms with Gasteiger partial charge in [0.15, 0.2) is 0 Å². The summed E-state index contributed by atoms with van der Waals surface area (Å²) >= 11 is 6.04. The molecule has 38 heavy (non-hydrogen) atoms. The molecule has 10 heteroatoms. The fraction of sp³-hybridized carbons (Fsp3) is 0.286. The van der Waals surface area contributed by atoms with Gasteiger partial charge < -0.3 is 10.2 Å². The summed E-state index contributed by atoms with van der Waals surface area (Å²) in [6.45, 7) is 1.67. The fourth-order valence-corrected chi connectivity index (χ4v) is 4.93. The number of carbonyl (C=O) groups excluding carboxylic acids is 2. The van der Waals surface area contributed by atoms with Crippen molar-refractivity contribution in [1.82, 2.24) is 10.2 Å². The van der Waals surface area contributed by atoms with Crippen molar-refractivity contribution in [2.75, 3.05) is 23.7 Å². The highest BCUT2D eigenvalue weighted by Gasteiger charge is 2.33. The molecule has 7 nitrogen and oxygen atoms in total. The maximum Gasteiger partial charge on any atom is 0.244 e. The van der Waals surface area contributed by atoms with E-state index in [-0.39, 0.29) is 24.6 Å². The largest absolute Gasteiger partial charge is 0.354 e. The van der Waals surface area contributed by atoms with Crippen LogP contribution >= 0.6 is 11.6 Å². The lowest BCUT2D eigenvalue weighted by Gasteiger charge is -2.33. The molecule has 3 aromatic rings. The Hall–Kier alpha value is -3.43. The number of nitrogens with zero attached hydrogens (tertiary/aromatic N) is 2. The minimum absolute atomic E-state index is 0.0158. The highest BCUT2D eigenvalue weighted by molar-refractivity contribution is 7.92. The monoisotopic (exact) mass is 559 g/mol. The summed E-state index contributed by atoms with van der Waals surface area (Å²) in [6.07, 6.45) is 1.81. The third kappa shape index (κ3) is 8.03. The minimum Gasteiger partial charge on any atom is -0.354 e. The Morgan fingerprint density at radius 1 is 0.947 bits per heavy atom. The molecule has 0 aromatic heterocycles. The Morgan fingerprint density at radius 2 is 1.58 bits per heavy atom. The van der Waals surface area contributed by atoms with E-state index in [2.05, 4.69) is 5.32 Å². The first-order valence-corrected chi connectivity index (χ1v) is 14.4. The third-order valence-corrected chi connectivity index (χ3v) is 7.27. The summed E-state index contributed by atoms with van der Waals surface area (Å²) in [5.74, 6) is -1.80. The van der Waals surface area contributed by atoms with Gasteiger partial charge in [-0.1, -0.05) is 73.1 Å². The van der Waals surface area contributed by atoms with E-state index in [9.17, 15) is 22.4 Å². The van der Waals surface area contributed by atoms with Gasteiger partial charge in [-0.25, -0.2) is 12.8 Å². The minimum atomic E-state index is -4.04. The van der Waals surface area contributed by atoms with Gasteiger partial charge in [-0.05, 0) is 41.8 Å². The number of halogens is 2. The average molecular weight is 560 g/mol. The predicted molar refractivity (Wildman–Crippen MR) is 148 cm³/mol. The van der Waals surface area contributed by atoms with Crippen LogP contribution in [0.15, 0.2) is 78.9 Å². The number of rotatable bonds is 12. The van der Waals surface area contributed by atoms with Crippen molar-refractivity contribution in [3.63, 3.8) is 0 Å². The van der Waals surface area contributed by atoms with Gasteiger partial charge in [0.1, 0.15) is 18.4 Å². The Bertz CT molecular complexity index is 1340. The van der Waals surface area contributed by atoms with Crippen LogP contribution in [0.5, 0.6) is 0 Å². The van der Waals surface area contributed by atoms with Gasteiger partial charge in [-0.2, -0.15) is 0 Å². The number of para-hydroxylation sites is 1. The first-order valence-electron chi connectivity index (χ1n) is 12.2. The number of carbonyl (C=O) groups is 2. The number of sulfonamides is 1. The number of nitrogens with one attached hydrogen (secondary N) is 1. The SMILES string of the molecule is CCCNC(=O)[C@H](Cc1ccccc1)N(Cc1ccc(Cl)cc1)C(=O)CN(c1ccccc1F)S(C)(=O)=O. The van der Waals surface area contributed by atoms with Crippen molar-refractivity contribution in [2.24, 2.45) is 0 Å². The molecular weight excluding hydrogens is 529 g/mol. The Morgan fingerprint density at radius 3 is 2.18 bits per heavy atom. The Labute approximate surface area is 228 Å². The second kappa shape index (κ2) is 13.4. The zero-order valence-electron chi connectivity index (χ0n) is 21.3. The molecule has 0 aliphatic carbocycles. The smallest absolute Gasteiger partial charge is 0.244 e. The molecule has 0 saturated carbocycles. The van der Waals surface area contributed by atoms with Crippen LogP contribution in [0.4, 0.5) is 10.1 Å². The van der Waals surface area contributed by atoms with Gasteiger partial charge in [0.2, 0.25) is 21.8 Å². The molecule has 202 valence electrons. The molecule has 0 unspecified atom stereocenters. The van der Waals surface area contributed by atoms with Crippen LogP contribution in [0.1, 0.15) is 24.5 Å². The van der Waals surface area contributed by atoms with Crippen LogP contribution in [0.2, 0.25) is 5.02 Å². The second-order valence-electron chi connectivity index (χ2n) is 8.87. The topological polar surface area (TPSA) is 86.8 Å². The lowest BCUT2D eigenvalue weighted by Crippen LogP contribution is -2.53. The molecule has 1 N–H and O–H groups in total. The van der Waals surface area contributed by atoms with Crippen LogP contribution in [-0.2, 0) is 32.6 Å². The molecule has 0 aliphatic heterocycles. The number of amides is 2. The summed E-state index contributed by atoms with van der Waals surface area (Å²) in [5.41, 5.74) is 1.28. The normalized spacial score (nSPS) is 12.0. The number of hydrogen-bond acceptors (Lipinski definition) is 4. The quantitative estimate of drug-likeness (QED) is 0.356. The summed E-state index contributed by atoms with van der Waals surface area (Å²) in [6, 6.07) is 20.4. The maximum absolute atomic E-state index is 14.6. The fourth-order valence-electron chi connectivity index (χ4n) is 3.96. The molecule has 0 aliphatic rings. The van der Waals surface area contributed by atoms with Crippen LogP contribution in [-0.4, -0.2) is 50.5 Å². The zero-order valence-corrected chi connectivity index (χ0v) is 22.9. The highest BCUT2D eigenvalue weighted by atomic mass is 35.5. The molecule has 0 bridgehead atoms. The van der Waals surface area contributed by atoms with Crippen LogP contribution in [0, 0.1) is 5.82 Å². The predicted octanol–water partition coefficient (Wildman–Crippen LogP) is 4.41. The third-order valence-electron chi connectivity index (χ3n) is 5.89. The maximum atomic E-state index is 14.6. The average Bonchev–Trinajstić information content (AvgIpc) is 2.89. The molecule has 3 rings (SSSR count). The lowest BCUT2D eigenvalue weighted by molar-refractivity contribution is -0.140. The number of hydrogen-bond donors (Lipinski definition) is 1. The summed E-state index contributed by atoms with van der Waals surface area (Å²) in [5, 5.41) is 3.37. The first-order chi connectivity index (χ1) is 18.1. The van der Waals surface area contributed by atoms with E-state index in [0.29, 0.717) is 23.6 Å². The van der Waals surface area contributed by atoms with E-state index < -0.39 is 34.3 Å². The van der Waals surface area contributed by atoms with E-state index in [1.54, 1.807) is 24.3 Å². The van der Waals surface area contributed by atoms with Crippen molar-refractivity contribution in [3.05, 3.63) is 101 Å². The van der Waals surface area contributed by atoms with Crippen LogP contribution in [0.25, 0.3) is 0 Å². The van der Waals surface area contributed by atoms with Crippen molar-refractivity contribution >= 4 is 39.1 Å². The number of benzene rings is 3. The van der Waals surface area contributed by atoms with Gasteiger partial charge in [-0.15, -0.1) is 0 Å². The van der Waals surface area contributed by atoms with E-state index in [1.165, 1.54) is 23.1 Å². The van der Waals surface area contributed by atoms with Crippen LogP contribution < -0.4 is 9.62 Å². The standard InChI is InChI=1S/C28H31ClFN3O4S/c1-3-17-31-28(35)26(18-21-9-5-4-6-10-21)32(19-22-13-15-23(29)16-14-22)27(34)20-33(38(2,36)37)25-12-8-7-11-24(25)30/h4-16,26H,3,17-20H2,1-2H3,(H,31,35)/t26-/m0/s1. The van der Waals surface area contributed by atoms with E-state index in [1.807, 2.05) is 37.3 Å². The lowest BCUT2D eigenvalue weighted by atomic mass is 10.0. The summed E-state index contributed by atoms with van der Waals surface area (Å²) < 4.78 is 40.7. The van der Waals surface area contributed by atoms with Gasteiger partial charge in [0.25, 0.3) is 0 Å². The highest BCUT2D eigenvalue weighted by Crippen LogP contribution is 2.23. The van der Waals surface area contributed by atoms with Gasteiger partial charge in [0.05, 0.1) is 11.9 Å². The van der Waals surface area contributed by atoms with Crippen molar-refractivity contribution in [3.8, 4) is 0 Å². The zero-order chi connectivity index (χ0) is 27.7.